The van der Waals surface area contributed by atoms with Gasteiger partial charge < -0.3 is 15.3 Å². The fraction of sp³-hybridized carbons (Fsp3) is 0.346. The molecular weight excluding hydrogens is 533 g/mol. The molecule has 3 N–H and O–H groups in total. The number of aliphatic hydroxyl groups is 1. The van der Waals surface area contributed by atoms with Crippen molar-refractivity contribution in [1.29, 1.82) is 0 Å². The Morgan fingerprint density at radius 2 is 1.82 bits per heavy atom. The smallest absolute Gasteiger partial charge is 0.259 e. The van der Waals surface area contributed by atoms with Gasteiger partial charge in [-0.05, 0) is 48.7 Å². The summed E-state index contributed by atoms with van der Waals surface area (Å²) in [5, 5.41) is 15.2. The predicted molar refractivity (Wildman–Crippen MR) is 141 cm³/mol. The molecule has 0 bridgehead atoms. The first kappa shape index (κ1) is 26.2. The lowest BCUT2D eigenvalue weighted by Crippen LogP contribution is -2.50. The number of anilines is 2. The molecule has 2 atom stereocenters. The van der Waals surface area contributed by atoms with Gasteiger partial charge in [0.1, 0.15) is 17.1 Å². The molecule has 2 aromatic rings. The highest BCUT2D eigenvalue weighted by molar-refractivity contribution is 7.94. The van der Waals surface area contributed by atoms with Gasteiger partial charge >= 0.3 is 0 Å². The first-order chi connectivity index (χ1) is 17.9. The van der Waals surface area contributed by atoms with E-state index in [2.05, 4.69) is 10.0 Å². The summed E-state index contributed by atoms with van der Waals surface area (Å²) in [6.07, 6.45) is 5.01. The fourth-order valence-corrected chi connectivity index (χ4v) is 7.34. The Morgan fingerprint density at radius 3 is 2.53 bits per heavy atom. The van der Waals surface area contributed by atoms with Crippen molar-refractivity contribution in [3.8, 4) is 0 Å². The maximum Gasteiger partial charge on any atom is 0.259 e. The number of benzene rings is 2. The quantitative estimate of drug-likeness (QED) is 0.502. The van der Waals surface area contributed by atoms with Crippen LogP contribution >= 0.6 is 0 Å². The van der Waals surface area contributed by atoms with Crippen LogP contribution in [0, 0.1) is 11.7 Å². The molecule has 1 aliphatic carbocycles. The average Bonchev–Trinajstić information content (AvgIpc) is 3.09. The van der Waals surface area contributed by atoms with Crippen LogP contribution in [0.5, 0.6) is 0 Å². The Hall–Kier alpha value is -3.38. The largest absolute Gasteiger partial charge is 0.511 e. The van der Waals surface area contributed by atoms with E-state index in [1.807, 2.05) is 0 Å². The van der Waals surface area contributed by atoms with Crippen molar-refractivity contribution < 1.29 is 31.1 Å². The minimum absolute atomic E-state index is 0.0457. The molecule has 1 saturated carbocycles. The number of sulfonamides is 1. The molecule has 1 fully saturated rings. The van der Waals surface area contributed by atoms with Gasteiger partial charge in [-0.2, -0.15) is 0 Å². The molecule has 0 unspecified atom stereocenters. The van der Waals surface area contributed by atoms with E-state index in [0.29, 0.717) is 12.8 Å². The molecule has 0 radical (unpaired) electrons. The van der Waals surface area contributed by atoms with Crippen molar-refractivity contribution >= 4 is 37.1 Å². The maximum absolute atomic E-state index is 13.9. The molecule has 9 nitrogen and oxygen atoms in total. The van der Waals surface area contributed by atoms with Crippen molar-refractivity contribution in [1.82, 2.24) is 4.90 Å². The third-order valence-electron chi connectivity index (χ3n) is 7.13. The predicted octanol–water partition coefficient (Wildman–Crippen LogP) is 4.04. The monoisotopic (exact) mass is 561 g/mol. The minimum atomic E-state index is -4.10. The van der Waals surface area contributed by atoms with Crippen LogP contribution in [-0.4, -0.2) is 45.0 Å². The van der Waals surface area contributed by atoms with Gasteiger partial charge in [0, 0.05) is 24.2 Å². The number of fused-ring (bicyclic) bond motifs is 2. The summed E-state index contributed by atoms with van der Waals surface area (Å²) in [6, 6.07) is 9.60. The number of carbonyl (C=O) groups is 1. The van der Waals surface area contributed by atoms with E-state index in [4.69, 9.17) is 0 Å². The molecular formula is C26H28FN3O6S2. The fourth-order valence-electron chi connectivity index (χ4n) is 5.45. The summed E-state index contributed by atoms with van der Waals surface area (Å²) < 4.78 is 65.4. The van der Waals surface area contributed by atoms with E-state index >= 15 is 0 Å². The number of halogens is 1. The molecule has 0 spiro atoms. The van der Waals surface area contributed by atoms with Crippen LogP contribution in [0.2, 0.25) is 0 Å². The lowest BCUT2D eigenvalue weighted by molar-refractivity contribution is -0.133. The summed E-state index contributed by atoms with van der Waals surface area (Å²) in [7, 11) is -7.72. The molecule has 0 saturated heterocycles. The van der Waals surface area contributed by atoms with Gasteiger partial charge in [0.2, 0.25) is 19.9 Å². The van der Waals surface area contributed by atoms with Crippen LogP contribution in [0.15, 0.2) is 69.8 Å². The van der Waals surface area contributed by atoms with Crippen molar-refractivity contribution in [2.75, 3.05) is 16.3 Å². The maximum atomic E-state index is 13.9. The van der Waals surface area contributed by atoms with E-state index in [9.17, 15) is 31.1 Å². The van der Waals surface area contributed by atoms with Crippen LogP contribution in [-0.2, 0) is 31.2 Å². The number of aliphatic hydroxyl groups excluding tert-OH is 1. The van der Waals surface area contributed by atoms with Crippen LogP contribution in [0.3, 0.4) is 0 Å². The Labute approximate surface area is 221 Å². The molecule has 202 valence electrons. The van der Waals surface area contributed by atoms with Gasteiger partial charge in [-0.3, -0.25) is 9.52 Å². The first-order valence-electron chi connectivity index (χ1n) is 12.3. The zero-order valence-corrected chi connectivity index (χ0v) is 22.3. The lowest BCUT2D eigenvalue weighted by atomic mass is 9.84. The van der Waals surface area contributed by atoms with Gasteiger partial charge in [0.25, 0.3) is 5.91 Å². The Morgan fingerprint density at radius 1 is 1.11 bits per heavy atom. The highest BCUT2D eigenvalue weighted by atomic mass is 32.2. The van der Waals surface area contributed by atoms with Gasteiger partial charge in [0.15, 0.2) is 0 Å². The van der Waals surface area contributed by atoms with E-state index in [1.165, 1.54) is 30.3 Å². The zero-order chi connectivity index (χ0) is 27.2. The zero-order valence-electron chi connectivity index (χ0n) is 20.6. The van der Waals surface area contributed by atoms with E-state index < -0.39 is 25.8 Å². The molecule has 1 amide bonds. The second-order valence-corrected chi connectivity index (χ2v) is 13.4. The number of amides is 1. The van der Waals surface area contributed by atoms with Crippen LogP contribution in [0.25, 0.3) is 0 Å². The summed E-state index contributed by atoms with van der Waals surface area (Å²) in [5.74, 6) is -1.40. The van der Waals surface area contributed by atoms with Gasteiger partial charge in [-0.25, -0.2) is 21.2 Å². The molecule has 38 heavy (non-hydrogen) atoms. The third kappa shape index (κ3) is 5.14. The number of rotatable bonds is 5. The standard InChI is InChI=1S/C26H28FN3O6S2/c1-37(33,34)29-18-11-12-20-23(13-18)38(35,36)15-21(28-20)24-25(31)19-5-3-2-4-6-22(19)30(26(24)32)14-16-7-9-17(27)10-8-16/h7-13,15,19,22,28-29,31H,2-6,14H2,1H3/t19-,22+/m1/s1. The Kier molecular flexibility index (Phi) is 6.72. The molecule has 2 aromatic carbocycles. The summed E-state index contributed by atoms with van der Waals surface area (Å²) >= 11 is 0. The second-order valence-electron chi connectivity index (χ2n) is 9.92. The van der Waals surface area contributed by atoms with E-state index in [1.54, 1.807) is 17.0 Å². The van der Waals surface area contributed by atoms with Crippen LogP contribution < -0.4 is 10.0 Å². The molecule has 2 heterocycles. The SMILES string of the molecule is CS(=O)(=O)Nc1ccc2c(c1)S(=O)(=O)C=C(C1=C(O)[C@@H]3CCCCC[C@@H]3N(Cc3ccc(F)cc3)C1=O)N2. The average molecular weight is 562 g/mol. The number of carbonyl (C=O) groups excluding carboxylic acids is 1. The summed E-state index contributed by atoms with van der Waals surface area (Å²) in [5.41, 5.74) is 0.801. The number of nitrogens with one attached hydrogen (secondary N) is 2. The van der Waals surface area contributed by atoms with Crippen LogP contribution in [0.1, 0.15) is 37.7 Å². The van der Waals surface area contributed by atoms with E-state index in [0.717, 1.165) is 36.5 Å². The molecule has 12 heteroatoms. The normalized spacial score (nSPS) is 23.1. The third-order valence-corrected chi connectivity index (χ3v) is 9.23. The molecule has 2 aliphatic heterocycles. The summed E-state index contributed by atoms with van der Waals surface area (Å²) in [6.45, 7) is 0.189. The molecule has 5 rings (SSSR count). The molecule has 3 aliphatic rings. The van der Waals surface area contributed by atoms with Crippen molar-refractivity contribution in [2.45, 2.75) is 49.6 Å². The van der Waals surface area contributed by atoms with Crippen molar-refractivity contribution in [3.63, 3.8) is 0 Å². The second kappa shape index (κ2) is 9.73. The number of nitrogens with zero attached hydrogens (tertiary/aromatic N) is 1. The molecule has 0 aromatic heterocycles. The Bertz CT molecular complexity index is 1570. The van der Waals surface area contributed by atoms with Gasteiger partial charge in [-0.15, -0.1) is 0 Å². The first-order valence-corrected chi connectivity index (χ1v) is 15.7. The van der Waals surface area contributed by atoms with Crippen LogP contribution in [0.4, 0.5) is 15.8 Å². The highest BCUT2D eigenvalue weighted by Gasteiger charge is 2.44. The minimum Gasteiger partial charge on any atom is -0.511 e. The number of sulfone groups is 1. The number of hydrogen-bond acceptors (Lipinski definition) is 7. The van der Waals surface area contributed by atoms with E-state index in [-0.39, 0.29) is 57.6 Å². The van der Waals surface area contributed by atoms with Gasteiger partial charge in [-0.1, -0.05) is 31.4 Å². The highest BCUT2D eigenvalue weighted by Crippen LogP contribution is 2.42. The van der Waals surface area contributed by atoms with Crippen molar-refractivity contribution in [2.24, 2.45) is 5.92 Å². The number of hydrogen-bond donors (Lipinski definition) is 3. The topological polar surface area (TPSA) is 133 Å². The van der Waals surface area contributed by atoms with Crippen molar-refractivity contribution in [3.05, 3.63) is 76.3 Å². The Balaban J connectivity index is 1.55. The summed E-state index contributed by atoms with van der Waals surface area (Å²) in [4.78, 5) is 15.4. The lowest BCUT2D eigenvalue weighted by Gasteiger charge is -2.42. The van der Waals surface area contributed by atoms with Gasteiger partial charge in [0.05, 0.1) is 27.9 Å².